The Kier molecular flexibility index (Phi) is 5.43. The van der Waals surface area contributed by atoms with Crippen LogP contribution in [0.25, 0.3) is 10.9 Å². The quantitative estimate of drug-likeness (QED) is 0.498. The largest absolute Gasteiger partial charge is 0.478 e. The van der Waals surface area contributed by atoms with Crippen LogP contribution in [0.5, 0.6) is 0 Å². The molecule has 27 heavy (non-hydrogen) atoms. The molecule has 3 nitrogen and oxygen atoms in total. The van der Waals surface area contributed by atoms with E-state index >= 15 is 0 Å². The fourth-order valence-electron chi connectivity index (χ4n) is 3.07. The molecule has 2 aromatic rings. The Balaban J connectivity index is 3.22. The number of hydrogen-bond acceptors (Lipinski definition) is 2. The summed E-state index contributed by atoms with van der Waals surface area (Å²) in [6.07, 6.45) is -4.70. The minimum Gasteiger partial charge on any atom is -0.478 e. The third-order valence-corrected chi connectivity index (χ3v) is 9.28. The molecule has 0 bridgehead atoms. The topological polar surface area (TPSA) is 50.2 Å². The Hall–Kier alpha value is -1.27. The molecule has 0 aliphatic carbocycles. The zero-order valence-corrected chi connectivity index (χ0v) is 19.4. The van der Waals surface area contributed by atoms with Crippen LogP contribution in [0.3, 0.4) is 0 Å². The molecule has 1 aromatic heterocycles. The van der Waals surface area contributed by atoms with Gasteiger partial charge in [0, 0.05) is 15.0 Å². The predicted molar refractivity (Wildman–Crippen MR) is 107 cm³/mol. The first-order valence-corrected chi connectivity index (χ1v) is 15.9. The number of carbonyl (C=O) groups is 1. The van der Waals surface area contributed by atoms with Crippen molar-refractivity contribution in [2.45, 2.75) is 45.5 Å². The number of aromatic nitrogens is 1. The molecule has 1 aromatic carbocycles. The summed E-state index contributed by atoms with van der Waals surface area (Å²) in [6, 6.07) is 1.08. The molecule has 0 spiro atoms. The second-order valence-electron chi connectivity index (χ2n) is 8.46. The van der Waals surface area contributed by atoms with E-state index in [1.165, 1.54) is 0 Å². The summed E-state index contributed by atoms with van der Waals surface area (Å²) in [4.78, 5) is 15.4. The van der Waals surface area contributed by atoms with E-state index < -0.39 is 45.4 Å². The van der Waals surface area contributed by atoms with E-state index in [1.807, 2.05) is 0 Å². The Morgan fingerprint density at radius 3 is 1.93 bits per heavy atom. The smallest absolute Gasteiger partial charge is 0.433 e. The molecule has 1 N–H and O–H groups in total. The van der Waals surface area contributed by atoms with Crippen molar-refractivity contribution in [1.82, 2.24) is 4.98 Å². The highest BCUT2D eigenvalue weighted by Gasteiger charge is 2.42. The maximum absolute atomic E-state index is 15.0. The molecule has 0 radical (unpaired) electrons. The van der Waals surface area contributed by atoms with E-state index in [4.69, 9.17) is 0 Å². The molecule has 0 amide bonds. The summed E-state index contributed by atoms with van der Waals surface area (Å²) in [7, 11) is -5.10. The second kappa shape index (κ2) is 6.66. The van der Waals surface area contributed by atoms with Gasteiger partial charge < -0.3 is 5.11 Å². The van der Waals surface area contributed by atoms with Gasteiger partial charge in [0.05, 0.1) is 27.2 Å². The fourth-order valence-corrected chi connectivity index (χ4v) is 8.74. The van der Waals surface area contributed by atoms with Gasteiger partial charge in [0.25, 0.3) is 0 Å². The van der Waals surface area contributed by atoms with Crippen LogP contribution < -0.4 is 10.4 Å². The molecule has 0 fully saturated rings. The average molecular weight is 482 g/mol. The molecule has 0 aliphatic heterocycles. The highest BCUT2D eigenvalue weighted by Crippen LogP contribution is 2.34. The normalized spacial score (nSPS) is 13.3. The van der Waals surface area contributed by atoms with Gasteiger partial charge in [-0.05, 0) is 11.3 Å². The van der Waals surface area contributed by atoms with E-state index in [0.29, 0.717) is 0 Å². The Bertz CT molecular complexity index is 948. The molecule has 0 saturated carbocycles. The minimum absolute atomic E-state index is 0.00859. The molecule has 0 atom stereocenters. The number of carboxylic acids is 1. The number of hydrogen-bond donors (Lipinski definition) is 1. The summed E-state index contributed by atoms with van der Waals surface area (Å²) in [5.74, 6) is -2.46. The molecule has 0 aliphatic rings. The lowest BCUT2D eigenvalue weighted by molar-refractivity contribution is -0.140. The van der Waals surface area contributed by atoms with Crippen molar-refractivity contribution in [2.75, 3.05) is 0 Å². The highest BCUT2D eigenvalue weighted by atomic mass is 79.9. The predicted octanol–water partition coefficient (Wildman–Crippen LogP) is 4.94. The van der Waals surface area contributed by atoms with Crippen LogP contribution in [0.15, 0.2) is 10.5 Å². The van der Waals surface area contributed by atoms with Crippen molar-refractivity contribution >= 4 is 59.3 Å². The molecule has 0 saturated heterocycles. The van der Waals surface area contributed by atoms with Crippen LogP contribution in [0.4, 0.5) is 17.6 Å². The van der Waals surface area contributed by atoms with E-state index in [1.54, 1.807) is 39.3 Å². The molecule has 1 heterocycles. The Morgan fingerprint density at radius 1 is 1.07 bits per heavy atom. The summed E-state index contributed by atoms with van der Waals surface area (Å²) in [6.45, 7) is 10.5. The van der Waals surface area contributed by atoms with Crippen LogP contribution >= 0.6 is 15.9 Å². The molecule has 2 rings (SSSR count). The van der Waals surface area contributed by atoms with Crippen LogP contribution in [0, 0.1) is 5.82 Å². The van der Waals surface area contributed by atoms with Crippen LogP contribution in [0.2, 0.25) is 39.3 Å². The standard InChI is InChI=1S/C17H20BrF4NO2Si2/c1-26(2,3)13-10(18)8-7-9(16(24)25)11(19)14(27(4,5)6)12(8)23-15(13)17(20,21)22/h7H,1-6H3,(H,24,25). The number of carboxylic acid groups (broad SMARTS) is 1. The van der Waals surface area contributed by atoms with Crippen LogP contribution in [-0.2, 0) is 6.18 Å². The van der Waals surface area contributed by atoms with Gasteiger partial charge in [-0.2, -0.15) is 13.2 Å². The number of halogens is 5. The number of nitrogens with zero attached hydrogens (tertiary/aromatic N) is 1. The number of rotatable bonds is 3. The first kappa shape index (κ1) is 22.0. The summed E-state index contributed by atoms with van der Waals surface area (Å²) in [5.41, 5.74) is -1.69. The molecular weight excluding hydrogens is 462 g/mol. The van der Waals surface area contributed by atoms with Crippen molar-refractivity contribution < 1.29 is 27.5 Å². The summed E-state index contributed by atoms with van der Waals surface area (Å²) < 4.78 is 56.5. The van der Waals surface area contributed by atoms with Gasteiger partial charge in [0.1, 0.15) is 11.5 Å². The lowest BCUT2D eigenvalue weighted by Crippen LogP contribution is -2.46. The van der Waals surface area contributed by atoms with Crippen molar-refractivity contribution in [3.63, 3.8) is 0 Å². The average Bonchev–Trinajstić information content (AvgIpc) is 2.41. The fraction of sp³-hybridized carbons (Fsp3) is 0.412. The van der Waals surface area contributed by atoms with Gasteiger partial charge in [0.15, 0.2) is 0 Å². The number of alkyl halides is 3. The first-order valence-electron chi connectivity index (χ1n) is 8.15. The zero-order chi connectivity index (χ0) is 21.1. The van der Waals surface area contributed by atoms with Crippen molar-refractivity contribution in [3.05, 3.63) is 27.6 Å². The van der Waals surface area contributed by atoms with Gasteiger partial charge in [-0.1, -0.05) is 55.2 Å². The Labute approximate surface area is 164 Å². The maximum atomic E-state index is 15.0. The van der Waals surface area contributed by atoms with Crippen LogP contribution in [-0.4, -0.2) is 32.2 Å². The molecule has 148 valence electrons. The van der Waals surface area contributed by atoms with E-state index in [2.05, 4.69) is 20.9 Å². The van der Waals surface area contributed by atoms with Gasteiger partial charge in [0.2, 0.25) is 0 Å². The van der Waals surface area contributed by atoms with Crippen molar-refractivity contribution in [1.29, 1.82) is 0 Å². The number of pyridine rings is 1. The van der Waals surface area contributed by atoms with E-state index in [0.717, 1.165) is 6.07 Å². The SMILES string of the molecule is C[Si](C)(C)c1c(C(F)(F)F)nc2c([Si](C)(C)C)c(F)c(C(=O)O)cc2c1Br. The lowest BCUT2D eigenvalue weighted by Gasteiger charge is -2.27. The molecule has 10 heteroatoms. The van der Waals surface area contributed by atoms with E-state index in [-0.39, 0.29) is 25.7 Å². The monoisotopic (exact) mass is 481 g/mol. The first-order chi connectivity index (χ1) is 12.0. The zero-order valence-electron chi connectivity index (χ0n) is 15.8. The summed E-state index contributed by atoms with van der Waals surface area (Å²) in [5, 5.41) is 9.63. The third-order valence-electron chi connectivity index (χ3n) is 4.15. The Morgan fingerprint density at radius 2 is 1.56 bits per heavy atom. The van der Waals surface area contributed by atoms with Crippen LogP contribution in [0.1, 0.15) is 16.1 Å². The van der Waals surface area contributed by atoms with Gasteiger partial charge in [-0.3, -0.25) is 0 Å². The number of aromatic carboxylic acids is 1. The minimum atomic E-state index is -4.70. The summed E-state index contributed by atoms with van der Waals surface area (Å²) >= 11 is 3.26. The van der Waals surface area contributed by atoms with Gasteiger partial charge in [-0.25, -0.2) is 14.2 Å². The van der Waals surface area contributed by atoms with E-state index in [9.17, 15) is 27.5 Å². The van der Waals surface area contributed by atoms with Crippen molar-refractivity contribution in [3.8, 4) is 0 Å². The lowest BCUT2D eigenvalue weighted by atomic mass is 10.1. The number of fused-ring (bicyclic) bond motifs is 1. The van der Waals surface area contributed by atoms with Crippen molar-refractivity contribution in [2.24, 2.45) is 0 Å². The second-order valence-corrected chi connectivity index (χ2v) is 19.3. The molecular formula is C17H20BrF4NO2Si2. The third kappa shape index (κ3) is 3.97. The van der Waals surface area contributed by atoms with Gasteiger partial charge in [-0.15, -0.1) is 0 Å². The number of benzene rings is 1. The molecule has 0 unspecified atom stereocenters. The van der Waals surface area contributed by atoms with Gasteiger partial charge >= 0.3 is 12.1 Å². The maximum Gasteiger partial charge on any atom is 0.433 e. The highest BCUT2D eigenvalue weighted by molar-refractivity contribution is 9.10.